The van der Waals surface area contributed by atoms with Crippen LogP contribution in [0.1, 0.15) is 31.3 Å². The number of halogens is 1. The van der Waals surface area contributed by atoms with Crippen molar-refractivity contribution in [1.82, 2.24) is 9.97 Å². The molecule has 1 aromatic rings. The molecule has 2 rings (SSSR count). The lowest BCUT2D eigenvalue weighted by Crippen LogP contribution is -2.24. The van der Waals surface area contributed by atoms with Crippen LogP contribution in [0.25, 0.3) is 0 Å². The molecule has 0 unspecified atom stereocenters. The van der Waals surface area contributed by atoms with Gasteiger partial charge in [0.25, 0.3) is 0 Å². The van der Waals surface area contributed by atoms with Crippen molar-refractivity contribution in [3.05, 3.63) is 17.6 Å². The summed E-state index contributed by atoms with van der Waals surface area (Å²) in [5.74, 6) is 2.46. The summed E-state index contributed by atoms with van der Waals surface area (Å²) in [4.78, 5) is 8.79. The molecule has 1 aliphatic carbocycles. The molecule has 1 saturated carbocycles. The van der Waals surface area contributed by atoms with E-state index in [9.17, 15) is 0 Å². The molecule has 0 aromatic carbocycles. The van der Waals surface area contributed by atoms with Crippen molar-refractivity contribution in [1.29, 1.82) is 0 Å². The Morgan fingerprint density at radius 1 is 1.47 bits per heavy atom. The number of hydrogen-bond donors (Lipinski definition) is 1. The van der Waals surface area contributed by atoms with E-state index < -0.39 is 0 Å². The second-order valence-electron chi connectivity index (χ2n) is 4.20. The Balaban J connectivity index is 2.17. The third kappa shape index (κ3) is 2.40. The quantitative estimate of drug-likeness (QED) is 0.801. The summed E-state index contributed by atoms with van der Waals surface area (Å²) in [6.07, 6.45) is 3.15. The number of rotatable bonds is 4. The minimum atomic E-state index is 0.105. The number of aryl methyl sites for hydroxylation is 2. The first-order valence-electron chi connectivity index (χ1n) is 5.36. The molecule has 1 aliphatic rings. The molecule has 4 heteroatoms. The van der Waals surface area contributed by atoms with Crippen LogP contribution >= 0.6 is 11.6 Å². The van der Waals surface area contributed by atoms with Gasteiger partial charge in [0.15, 0.2) is 0 Å². The van der Waals surface area contributed by atoms with Crippen LogP contribution in [0.2, 0.25) is 0 Å². The second kappa shape index (κ2) is 3.97. The highest BCUT2D eigenvalue weighted by molar-refractivity contribution is 6.19. The largest absolute Gasteiger partial charge is 0.363 e. The van der Waals surface area contributed by atoms with Gasteiger partial charge in [0.05, 0.1) is 5.54 Å². The zero-order valence-corrected chi connectivity index (χ0v) is 9.93. The van der Waals surface area contributed by atoms with Crippen LogP contribution < -0.4 is 5.32 Å². The number of alkyl halides is 1. The topological polar surface area (TPSA) is 37.8 Å². The van der Waals surface area contributed by atoms with Crippen LogP contribution in [0.15, 0.2) is 6.07 Å². The monoisotopic (exact) mass is 225 g/mol. The van der Waals surface area contributed by atoms with Gasteiger partial charge in [-0.05, 0) is 19.8 Å². The van der Waals surface area contributed by atoms with Gasteiger partial charge >= 0.3 is 0 Å². The first kappa shape index (κ1) is 10.7. The lowest BCUT2D eigenvalue weighted by molar-refractivity contribution is 0.816. The first-order chi connectivity index (χ1) is 7.17. The Labute approximate surface area is 95.3 Å². The average molecular weight is 226 g/mol. The molecule has 0 aliphatic heterocycles. The van der Waals surface area contributed by atoms with E-state index >= 15 is 0 Å². The highest BCUT2D eigenvalue weighted by Crippen LogP contribution is 2.39. The maximum atomic E-state index is 5.91. The molecular weight excluding hydrogens is 210 g/mol. The Morgan fingerprint density at radius 2 is 2.20 bits per heavy atom. The minimum absolute atomic E-state index is 0.105. The van der Waals surface area contributed by atoms with E-state index in [-0.39, 0.29) is 5.54 Å². The average Bonchev–Trinajstić information content (AvgIpc) is 2.97. The normalized spacial score (nSPS) is 17.5. The molecular formula is C11H16ClN3. The van der Waals surface area contributed by atoms with Gasteiger partial charge in [-0.2, -0.15) is 0 Å². The van der Waals surface area contributed by atoms with Crippen molar-refractivity contribution in [2.45, 2.75) is 38.6 Å². The van der Waals surface area contributed by atoms with E-state index in [1.165, 1.54) is 0 Å². The van der Waals surface area contributed by atoms with Gasteiger partial charge in [0, 0.05) is 24.1 Å². The SMILES string of the molecule is CCc1nc(C)cc(NC2(CCl)CC2)n1. The molecule has 0 atom stereocenters. The van der Waals surface area contributed by atoms with E-state index in [0.29, 0.717) is 5.88 Å². The second-order valence-corrected chi connectivity index (χ2v) is 4.47. The van der Waals surface area contributed by atoms with Gasteiger partial charge in [-0.1, -0.05) is 6.92 Å². The van der Waals surface area contributed by atoms with Crippen LogP contribution in [0, 0.1) is 6.92 Å². The molecule has 15 heavy (non-hydrogen) atoms. The molecule has 3 nitrogen and oxygen atoms in total. The molecule has 1 fully saturated rings. The summed E-state index contributed by atoms with van der Waals surface area (Å²) in [6, 6.07) is 1.98. The molecule has 0 spiro atoms. The maximum absolute atomic E-state index is 5.91. The third-order valence-electron chi connectivity index (χ3n) is 2.72. The smallest absolute Gasteiger partial charge is 0.130 e. The molecule has 1 heterocycles. The molecule has 0 saturated heterocycles. The summed E-state index contributed by atoms with van der Waals surface area (Å²) in [5.41, 5.74) is 1.11. The number of nitrogens with one attached hydrogen (secondary N) is 1. The van der Waals surface area contributed by atoms with Crippen molar-refractivity contribution in [2.75, 3.05) is 11.2 Å². The van der Waals surface area contributed by atoms with Crippen molar-refractivity contribution >= 4 is 17.4 Å². The van der Waals surface area contributed by atoms with Crippen molar-refractivity contribution in [3.63, 3.8) is 0 Å². The predicted molar refractivity (Wildman–Crippen MR) is 62.5 cm³/mol. The van der Waals surface area contributed by atoms with E-state index in [2.05, 4.69) is 22.2 Å². The third-order valence-corrected chi connectivity index (χ3v) is 3.23. The van der Waals surface area contributed by atoms with Crippen LogP contribution in [0.3, 0.4) is 0 Å². The minimum Gasteiger partial charge on any atom is -0.363 e. The van der Waals surface area contributed by atoms with Gasteiger partial charge in [-0.15, -0.1) is 11.6 Å². The van der Waals surface area contributed by atoms with Gasteiger partial charge in [-0.3, -0.25) is 0 Å². The van der Waals surface area contributed by atoms with Crippen LogP contribution in [-0.2, 0) is 6.42 Å². The lowest BCUT2D eigenvalue weighted by atomic mass is 10.3. The molecule has 0 amide bonds. The molecule has 1 aromatic heterocycles. The molecule has 1 N–H and O–H groups in total. The van der Waals surface area contributed by atoms with Crippen LogP contribution in [0.5, 0.6) is 0 Å². The Bertz CT molecular complexity index is 361. The Morgan fingerprint density at radius 3 is 2.73 bits per heavy atom. The highest BCUT2D eigenvalue weighted by Gasteiger charge is 2.42. The fourth-order valence-electron chi connectivity index (χ4n) is 1.57. The number of nitrogens with zero attached hydrogens (tertiary/aromatic N) is 2. The van der Waals surface area contributed by atoms with E-state index in [1.54, 1.807) is 0 Å². The first-order valence-corrected chi connectivity index (χ1v) is 5.89. The number of anilines is 1. The zero-order chi connectivity index (χ0) is 10.9. The summed E-state index contributed by atoms with van der Waals surface area (Å²) in [5, 5.41) is 3.41. The van der Waals surface area contributed by atoms with Crippen molar-refractivity contribution in [2.24, 2.45) is 0 Å². The number of aromatic nitrogens is 2. The highest BCUT2D eigenvalue weighted by atomic mass is 35.5. The summed E-state index contributed by atoms with van der Waals surface area (Å²) in [7, 11) is 0. The van der Waals surface area contributed by atoms with Gasteiger partial charge in [-0.25, -0.2) is 9.97 Å². The van der Waals surface area contributed by atoms with Gasteiger partial charge in [0.2, 0.25) is 0 Å². The van der Waals surface area contributed by atoms with E-state index in [1.807, 2.05) is 13.0 Å². The van der Waals surface area contributed by atoms with Crippen molar-refractivity contribution in [3.8, 4) is 0 Å². The van der Waals surface area contributed by atoms with Gasteiger partial charge in [0.1, 0.15) is 11.6 Å². The molecule has 0 radical (unpaired) electrons. The van der Waals surface area contributed by atoms with Crippen LogP contribution in [0.4, 0.5) is 5.82 Å². The van der Waals surface area contributed by atoms with Crippen molar-refractivity contribution < 1.29 is 0 Å². The van der Waals surface area contributed by atoms with Crippen LogP contribution in [-0.4, -0.2) is 21.4 Å². The maximum Gasteiger partial charge on any atom is 0.130 e. The van der Waals surface area contributed by atoms with E-state index in [4.69, 9.17) is 11.6 Å². The van der Waals surface area contributed by atoms with E-state index in [0.717, 1.165) is 36.6 Å². The summed E-state index contributed by atoms with van der Waals surface area (Å²) in [6.45, 7) is 4.05. The predicted octanol–water partition coefficient (Wildman–Crippen LogP) is 2.53. The fourth-order valence-corrected chi connectivity index (χ4v) is 1.90. The van der Waals surface area contributed by atoms with Gasteiger partial charge < -0.3 is 5.32 Å². The Hall–Kier alpha value is -0.830. The molecule has 0 bridgehead atoms. The molecule has 82 valence electrons. The standard InChI is InChI=1S/C11H16ClN3/c1-3-9-13-8(2)6-10(14-9)15-11(7-12)4-5-11/h6H,3-5,7H2,1-2H3,(H,13,14,15). The lowest BCUT2D eigenvalue weighted by Gasteiger charge is -2.15. The zero-order valence-electron chi connectivity index (χ0n) is 9.18. The number of hydrogen-bond acceptors (Lipinski definition) is 3. The Kier molecular flexibility index (Phi) is 2.83. The fraction of sp³-hybridized carbons (Fsp3) is 0.636. The summed E-state index contributed by atoms with van der Waals surface area (Å²) >= 11 is 5.91. The summed E-state index contributed by atoms with van der Waals surface area (Å²) < 4.78 is 0.